The molecule has 8 rings (SSSR count). The molecule has 4 saturated carbocycles. The van der Waals surface area contributed by atoms with Crippen molar-refractivity contribution in [3.8, 4) is 17.4 Å². The number of benzene rings is 2. The van der Waals surface area contributed by atoms with Crippen molar-refractivity contribution in [2.24, 2.45) is 17.8 Å². The Kier molecular flexibility index (Phi) is 4.02. The van der Waals surface area contributed by atoms with Crippen molar-refractivity contribution >= 4 is 10.8 Å². The fourth-order valence-corrected chi connectivity index (χ4v) is 6.95. The smallest absolute Gasteiger partial charge is 0.283 e. The van der Waals surface area contributed by atoms with Crippen molar-refractivity contribution in [3.05, 3.63) is 66.2 Å². The Labute approximate surface area is 186 Å². The first-order chi connectivity index (χ1) is 15.7. The molecule has 0 radical (unpaired) electrons. The van der Waals surface area contributed by atoms with E-state index in [0.29, 0.717) is 18.3 Å². The first kappa shape index (κ1) is 18.5. The second-order valence-electron chi connectivity index (χ2n) is 10.1. The highest BCUT2D eigenvalue weighted by Gasteiger charge is 2.54. The third kappa shape index (κ3) is 2.98. The summed E-state index contributed by atoms with van der Waals surface area (Å²) in [5, 5.41) is 11.1. The Bertz CT molecular complexity index is 1250. The molecule has 2 heterocycles. The van der Waals surface area contributed by atoms with Gasteiger partial charge in [0, 0.05) is 10.8 Å². The van der Waals surface area contributed by atoms with E-state index in [4.69, 9.17) is 13.6 Å². The largest absolute Gasteiger partial charge is 0.485 e. The number of nitrogens with zero attached hydrogens (tertiary/aromatic N) is 2. The van der Waals surface area contributed by atoms with Crippen molar-refractivity contribution in [1.29, 1.82) is 0 Å². The Hall–Kier alpha value is -3.08. The maximum absolute atomic E-state index is 6.23. The SMILES string of the molecule is c1ccc2c(OCc3ccc(-c4nnc(C56CC7CC(CC(C7)C5)C6)o4)o3)cccc2c1. The van der Waals surface area contributed by atoms with E-state index in [1.54, 1.807) is 0 Å². The van der Waals surface area contributed by atoms with Gasteiger partial charge < -0.3 is 13.6 Å². The zero-order chi connectivity index (χ0) is 21.1. The molecule has 162 valence electrons. The predicted octanol–water partition coefficient (Wildman–Crippen LogP) is 6.53. The van der Waals surface area contributed by atoms with Gasteiger partial charge in [-0.15, -0.1) is 10.2 Å². The van der Waals surface area contributed by atoms with E-state index < -0.39 is 0 Å². The lowest BCUT2D eigenvalue weighted by Crippen LogP contribution is -2.48. The summed E-state index contributed by atoms with van der Waals surface area (Å²) in [7, 11) is 0. The zero-order valence-electron chi connectivity index (χ0n) is 18.0. The van der Waals surface area contributed by atoms with E-state index in [0.717, 1.165) is 45.9 Å². The molecule has 2 aromatic carbocycles. The summed E-state index contributed by atoms with van der Waals surface area (Å²) >= 11 is 0. The number of aromatic nitrogens is 2. The van der Waals surface area contributed by atoms with Crippen molar-refractivity contribution in [2.45, 2.75) is 50.5 Å². The third-order valence-corrected chi connectivity index (χ3v) is 7.91. The highest BCUT2D eigenvalue weighted by molar-refractivity contribution is 5.88. The molecule has 0 spiro atoms. The minimum absolute atomic E-state index is 0.104. The van der Waals surface area contributed by atoms with Gasteiger partial charge in [0.2, 0.25) is 5.89 Å². The Morgan fingerprint density at radius 2 is 1.56 bits per heavy atom. The van der Waals surface area contributed by atoms with Crippen LogP contribution in [0.2, 0.25) is 0 Å². The monoisotopic (exact) mass is 426 g/mol. The van der Waals surface area contributed by atoms with Crippen molar-refractivity contribution < 1.29 is 13.6 Å². The van der Waals surface area contributed by atoms with Crippen LogP contribution in [0.25, 0.3) is 22.4 Å². The van der Waals surface area contributed by atoms with Gasteiger partial charge in [-0.1, -0.05) is 36.4 Å². The molecular weight excluding hydrogens is 400 g/mol. The molecular formula is C27H26N2O3. The fourth-order valence-electron chi connectivity index (χ4n) is 6.95. The highest BCUT2D eigenvalue weighted by Crippen LogP contribution is 2.60. The lowest BCUT2D eigenvalue weighted by molar-refractivity contribution is -0.0176. The van der Waals surface area contributed by atoms with Crippen LogP contribution in [0, 0.1) is 17.8 Å². The Morgan fingerprint density at radius 1 is 0.812 bits per heavy atom. The summed E-state index contributed by atoms with van der Waals surface area (Å²) in [6, 6.07) is 18.1. The molecule has 0 aliphatic heterocycles. The number of furan rings is 1. The molecule has 4 fully saturated rings. The molecule has 2 aromatic heterocycles. The van der Waals surface area contributed by atoms with E-state index in [2.05, 4.69) is 28.4 Å². The molecule has 0 atom stereocenters. The van der Waals surface area contributed by atoms with Gasteiger partial charge in [0.05, 0.1) is 0 Å². The summed E-state index contributed by atoms with van der Waals surface area (Å²) in [6.45, 7) is 0.351. The average Bonchev–Trinajstić information content (AvgIpc) is 3.47. The van der Waals surface area contributed by atoms with Crippen LogP contribution >= 0.6 is 0 Å². The molecule has 4 aliphatic carbocycles. The van der Waals surface area contributed by atoms with Crippen LogP contribution in [0.4, 0.5) is 0 Å². The van der Waals surface area contributed by atoms with Gasteiger partial charge in [0.25, 0.3) is 5.89 Å². The summed E-state index contributed by atoms with van der Waals surface area (Å²) < 4.78 is 18.3. The van der Waals surface area contributed by atoms with Crippen molar-refractivity contribution in [2.75, 3.05) is 0 Å². The first-order valence-electron chi connectivity index (χ1n) is 11.8. The second-order valence-corrected chi connectivity index (χ2v) is 10.1. The van der Waals surface area contributed by atoms with E-state index in [1.165, 1.54) is 38.5 Å². The highest BCUT2D eigenvalue weighted by atomic mass is 16.5. The number of hydrogen-bond acceptors (Lipinski definition) is 5. The van der Waals surface area contributed by atoms with E-state index in [9.17, 15) is 0 Å². The van der Waals surface area contributed by atoms with Gasteiger partial charge in [-0.05, 0) is 79.9 Å². The Balaban J connectivity index is 1.10. The molecule has 32 heavy (non-hydrogen) atoms. The van der Waals surface area contributed by atoms with E-state index >= 15 is 0 Å². The number of hydrogen-bond donors (Lipinski definition) is 0. The summed E-state index contributed by atoms with van der Waals surface area (Å²) in [5.41, 5.74) is 0.104. The molecule has 0 amide bonds. The van der Waals surface area contributed by atoms with Crippen molar-refractivity contribution in [1.82, 2.24) is 10.2 Å². The molecule has 5 nitrogen and oxygen atoms in total. The quantitative estimate of drug-likeness (QED) is 0.363. The topological polar surface area (TPSA) is 61.3 Å². The standard InChI is InChI=1S/C27H26N2O3/c1-2-6-22-20(4-1)5-3-7-23(22)30-16-21-8-9-24(31-21)25-28-29-26(32-25)27-13-17-10-18(14-27)12-19(11-17)15-27/h1-9,17-19H,10-16H2. The van der Waals surface area contributed by atoms with Crippen LogP contribution in [0.15, 0.2) is 63.4 Å². The lowest BCUT2D eigenvalue weighted by atomic mass is 9.49. The summed E-state index contributed by atoms with van der Waals surface area (Å²) in [5.74, 6) is 6.05. The lowest BCUT2D eigenvalue weighted by Gasteiger charge is -2.55. The third-order valence-electron chi connectivity index (χ3n) is 7.91. The maximum Gasteiger partial charge on any atom is 0.283 e. The molecule has 5 heteroatoms. The Morgan fingerprint density at radius 3 is 2.38 bits per heavy atom. The molecule has 0 N–H and O–H groups in total. The minimum Gasteiger partial charge on any atom is -0.485 e. The minimum atomic E-state index is 0.104. The van der Waals surface area contributed by atoms with Gasteiger partial charge >= 0.3 is 0 Å². The molecule has 4 aliphatic rings. The van der Waals surface area contributed by atoms with Gasteiger partial charge in [0.15, 0.2) is 5.76 Å². The number of ether oxygens (including phenoxy) is 1. The van der Waals surface area contributed by atoms with Crippen LogP contribution in [0.3, 0.4) is 0 Å². The van der Waals surface area contributed by atoms with E-state index in [1.807, 2.05) is 36.4 Å². The predicted molar refractivity (Wildman–Crippen MR) is 120 cm³/mol. The average molecular weight is 427 g/mol. The fraction of sp³-hybridized carbons (Fsp3) is 0.407. The molecule has 4 aromatic rings. The molecule has 0 unspecified atom stereocenters. The van der Waals surface area contributed by atoms with Crippen LogP contribution in [0.5, 0.6) is 5.75 Å². The number of fused-ring (bicyclic) bond motifs is 1. The van der Waals surface area contributed by atoms with Crippen LogP contribution < -0.4 is 4.74 Å². The van der Waals surface area contributed by atoms with Crippen molar-refractivity contribution in [3.63, 3.8) is 0 Å². The maximum atomic E-state index is 6.23. The van der Waals surface area contributed by atoms with Gasteiger partial charge in [0.1, 0.15) is 18.1 Å². The second kappa shape index (κ2) is 6.96. The van der Waals surface area contributed by atoms with Crippen LogP contribution in [0.1, 0.15) is 50.2 Å². The summed E-state index contributed by atoms with van der Waals surface area (Å²) in [4.78, 5) is 0. The van der Waals surface area contributed by atoms with Crippen LogP contribution in [-0.2, 0) is 12.0 Å². The molecule has 4 bridgehead atoms. The summed E-state index contributed by atoms with van der Waals surface area (Å²) in [6.07, 6.45) is 7.84. The number of rotatable bonds is 5. The normalized spacial score (nSPS) is 28.4. The van der Waals surface area contributed by atoms with Gasteiger partial charge in [-0.2, -0.15) is 0 Å². The zero-order valence-corrected chi connectivity index (χ0v) is 18.0. The van der Waals surface area contributed by atoms with Gasteiger partial charge in [-0.25, -0.2) is 0 Å². The van der Waals surface area contributed by atoms with Gasteiger partial charge in [-0.3, -0.25) is 0 Å². The van der Waals surface area contributed by atoms with Crippen LogP contribution in [-0.4, -0.2) is 10.2 Å². The molecule has 0 saturated heterocycles. The van der Waals surface area contributed by atoms with E-state index in [-0.39, 0.29) is 5.41 Å². The first-order valence-corrected chi connectivity index (χ1v) is 11.8.